The van der Waals surface area contributed by atoms with Crippen molar-refractivity contribution in [3.8, 4) is 0 Å². The van der Waals surface area contributed by atoms with Gasteiger partial charge in [-0.3, -0.25) is 19.1 Å². The number of hydrogen-bond donors (Lipinski definition) is 2. The summed E-state index contributed by atoms with van der Waals surface area (Å²) in [6, 6.07) is 0. The second-order valence-electron chi connectivity index (χ2n) is 3.21. The first-order valence-corrected chi connectivity index (χ1v) is 4.47. The van der Waals surface area contributed by atoms with Gasteiger partial charge in [-0.05, 0) is 6.92 Å². The Morgan fingerprint density at radius 2 is 2.20 bits per heavy atom. The predicted molar refractivity (Wildman–Crippen MR) is 52.8 cm³/mol. The van der Waals surface area contributed by atoms with E-state index in [2.05, 4.69) is 4.98 Å². The van der Waals surface area contributed by atoms with Crippen LogP contribution in [-0.2, 0) is 11.3 Å². The first kappa shape index (κ1) is 11.4. The van der Waals surface area contributed by atoms with Gasteiger partial charge in [-0.2, -0.15) is 0 Å². The minimum absolute atomic E-state index is 0.00458. The van der Waals surface area contributed by atoms with Gasteiger partial charge in [-0.15, -0.1) is 0 Å². The SMILES string of the molecule is Cc1cn(CC(=O)CCO)c(=O)[nH]c1=O. The van der Waals surface area contributed by atoms with Crippen molar-refractivity contribution in [1.82, 2.24) is 9.55 Å². The number of aliphatic hydroxyl groups excluding tert-OH is 1. The van der Waals surface area contributed by atoms with E-state index in [9.17, 15) is 14.4 Å². The van der Waals surface area contributed by atoms with Gasteiger partial charge in [0.1, 0.15) is 0 Å². The van der Waals surface area contributed by atoms with Crippen molar-refractivity contribution < 1.29 is 9.90 Å². The lowest BCUT2D eigenvalue weighted by Gasteiger charge is -2.03. The van der Waals surface area contributed by atoms with Crippen LogP contribution in [0.4, 0.5) is 0 Å². The van der Waals surface area contributed by atoms with E-state index in [-0.39, 0.29) is 25.4 Å². The van der Waals surface area contributed by atoms with E-state index in [1.54, 1.807) is 6.92 Å². The molecule has 0 aliphatic rings. The Morgan fingerprint density at radius 1 is 1.53 bits per heavy atom. The fourth-order valence-corrected chi connectivity index (χ4v) is 1.13. The van der Waals surface area contributed by atoms with Crippen LogP contribution in [0.1, 0.15) is 12.0 Å². The van der Waals surface area contributed by atoms with Crippen LogP contribution in [-0.4, -0.2) is 27.0 Å². The lowest BCUT2D eigenvalue weighted by atomic mass is 10.3. The first-order chi connectivity index (χ1) is 7.04. The van der Waals surface area contributed by atoms with Gasteiger partial charge in [0.25, 0.3) is 5.56 Å². The van der Waals surface area contributed by atoms with E-state index in [0.29, 0.717) is 5.56 Å². The molecule has 1 rings (SSSR count). The molecular formula is C9H12N2O4. The van der Waals surface area contributed by atoms with Gasteiger partial charge in [-0.25, -0.2) is 4.79 Å². The van der Waals surface area contributed by atoms with E-state index in [1.165, 1.54) is 6.20 Å². The number of Topliss-reactive ketones (excluding diaryl/α,β-unsaturated/α-hetero) is 1. The maximum Gasteiger partial charge on any atom is 0.328 e. The summed E-state index contributed by atoms with van der Waals surface area (Å²) in [6.07, 6.45) is 1.33. The fourth-order valence-electron chi connectivity index (χ4n) is 1.13. The third-order valence-electron chi connectivity index (χ3n) is 1.93. The molecule has 0 saturated heterocycles. The highest BCUT2D eigenvalue weighted by atomic mass is 16.3. The Hall–Kier alpha value is -1.69. The Morgan fingerprint density at radius 3 is 2.80 bits per heavy atom. The second kappa shape index (κ2) is 4.70. The van der Waals surface area contributed by atoms with Crippen molar-refractivity contribution in [1.29, 1.82) is 0 Å². The molecule has 15 heavy (non-hydrogen) atoms. The van der Waals surface area contributed by atoms with Crippen molar-refractivity contribution in [3.05, 3.63) is 32.6 Å². The summed E-state index contributed by atoms with van der Waals surface area (Å²) in [5, 5.41) is 8.52. The second-order valence-corrected chi connectivity index (χ2v) is 3.21. The summed E-state index contributed by atoms with van der Waals surface area (Å²) < 4.78 is 1.12. The highest BCUT2D eigenvalue weighted by molar-refractivity contribution is 5.78. The molecular weight excluding hydrogens is 200 g/mol. The highest BCUT2D eigenvalue weighted by Gasteiger charge is 2.05. The van der Waals surface area contributed by atoms with Crippen LogP contribution in [0, 0.1) is 6.92 Å². The van der Waals surface area contributed by atoms with E-state index < -0.39 is 11.2 Å². The third kappa shape index (κ3) is 2.88. The zero-order valence-corrected chi connectivity index (χ0v) is 8.32. The number of aromatic nitrogens is 2. The largest absolute Gasteiger partial charge is 0.396 e. The minimum atomic E-state index is -0.614. The van der Waals surface area contributed by atoms with Crippen molar-refractivity contribution >= 4 is 5.78 Å². The molecule has 0 aliphatic heterocycles. The van der Waals surface area contributed by atoms with E-state index in [4.69, 9.17) is 5.11 Å². The van der Waals surface area contributed by atoms with Gasteiger partial charge in [0.2, 0.25) is 0 Å². The van der Waals surface area contributed by atoms with Crippen LogP contribution < -0.4 is 11.2 Å². The summed E-state index contributed by atoms with van der Waals surface area (Å²) in [5.41, 5.74) is -0.700. The lowest BCUT2D eigenvalue weighted by Crippen LogP contribution is -2.32. The monoisotopic (exact) mass is 212 g/mol. The standard InChI is InChI=1S/C9H12N2O4/c1-6-4-11(5-7(13)2-3-12)9(15)10-8(6)14/h4,12H,2-3,5H2,1H3,(H,10,14,15). The van der Waals surface area contributed by atoms with E-state index in [0.717, 1.165) is 4.57 Å². The molecule has 2 N–H and O–H groups in total. The number of carbonyl (C=O) groups excluding carboxylic acids is 1. The Balaban J connectivity index is 2.96. The number of H-pyrrole nitrogens is 1. The Bertz CT molecular complexity index is 472. The number of nitrogens with one attached hydrogen (secondary N) is 1. The molecule has 0 radical (unpaired) electrons. The molecule has 1 aromatic rings. The van der Waals surface area contributed by atoms with Crippen LogP contribution in [0.25, 0.3) is 0 Å². The molecule has 0 atom stereocenters. The zero-order chi connectivity index (χ0) is 11.4. The summed E-state index contributed by atoms with van der Waals surface area (Å²) in [7, 11) is 0. The average molecular weight is 212 g/mol. The summed E-state index contributed by atoms with van der Waals surface area (Å²) in [4.78, 5) is 35.5. The zero-order valence-electron chi connectivity index (χ0n) is 8.32. The minimum Gasteiger partial charge on any atom is -0.396 e. The van der Waals surface area contributed by atoms with Crippen LogP contribution >= 0.6 is 0 Å². The van der Waals surface area contributed by atoms with Gasteiger partial charge in [-0.1, -0.05) is 0 Å². The van der Waals surface area contributed by atoms with Crippen molar-refractivity contribution in [2.24, 2.45) is 0 Å². The molecule has 0 amide bonds. The molecule has 82 valence electrons. The molecule has 6 heteroatoms. The number of ketones is 1. The van der Waals surface area contributed by atoms with Gasteiger partial charge in [0.15, 0.2) is 5.78 Å². The van der Waals surface area contributed by atoms with Gasteiger partial charge in [0.05, 0.1) is 13.2 Å². The van der Waals surface area contributed by atoms with Crippen molar-refractivity contribution in [2.45, 2.75) is 19.9 Å². The number of carbonyl (C=O) groups is 1. The molecule has 0 saturated carbocycles. The van der Waals surface area contributed by atoms with Crippen LogP contribution in [0.2, 0.25) is 0 Å². The number of rotatable bonds is 4. The Kier molecular flexibility index (Phi) is 3.56. The molecule has 0 aromatic carbocycles. The Labute approximate surface area is 85.2 Å². The van der Waals surface area contributed by atoms with Crippen LogP contribution in [0.5, 0.6) is 0 Å². The van der Waals surface area contributed by atoms with Gasteiger partial charge in [0, 0.05) is 18.2 Å². The number of aryl methyl sites for hydroxylation is 1. The third-order valence-corrected chi connectivity index (χ3v) is 1.93. The summed E-state index contributed by atoms with van der Waals surface area (Å²) >= 11 is 0. The van der Waals surface area contributed by atoms with E-state index in [1.807, 2.05) is 0 Å². The molecule has 1 heterocycles. The topological polar surface area (TPSA) is 92.2 Å². The van der Waals surface area contributed by atoms with Gasteiger partial charge >= 0.3 is 5.69 Å². The lowest BCUT2D eigenvalue weighted by molar-refractivity contribution is -0.120. The van der Waals surface area contributed by atoms with Crippen molar-refractivity contribution in [2.75, 3.05) is 6.61 Å². The molecule has 0 bridgehead atoms. The van der Waals surface area contributed by atoms with Crippen molar-refractivity contribution in [3.63, 3.8) is 0 Å². The van der Waals surface area contributed by atoms with Gasteiger partial charge < -0.3 is 5.11 Å². The number of aliphatic hydroxyl groups is 1. The fraction of sp³-hybridized carbons (Fsp3) is 0.444. The quantitative estimate of drug-likeness (QED) is 0.655. The molecule has 0 aliphatic carbocycles. The summed E-state index contributed by atoms with van der Waals surface area (Å²) in [6.45, 7) is 1.18. The predicted octanol–water partition coefficient (Wildman–Crippen LogP) is -1.20. The van der Waals surface area contributed by atoms with Crippen LogP contribution in [0.3, 0.4) is 0 Å². The maximum absolute atomic E-state index is 11.2. The van der Waals surface area contributed by atoms with E-state index >= 15 is 0 Å². The normalized spacial score (nSPS) is 10.3. The van der Waals surface area contributed by atoms with Crippen LogP contribution in [0.15, 0.2) is 15.8 Å². The number of nitrogens with zero attached hydrogens (tertiary/aromatic N) is 1. The summed E-state index contributed by atoms with van der Waals surface area (Å²) in [5.74, 6) is -0.258. The smallest absolute Gasteiger partial charge is 0.328 e. The highest BCUT2D eigenvalue weighted by Crippen LogP contribution is 1.88. The molecule has 1 aromatic heterocycles. The molecule has 6 nitrogen and oxygen atoms in total. The molecule has 0 fully saturated rings. The molecule has 0 spiro atoms. The first-order valence-electron chi connectivity index (χ1n) is 4.47. The number of hydrogen-bond acceptors (Lipinski definition) is 4. The molecule has 0 unspecified atom stereocenters. The average Bonchev–Trinajstić information content (AvgIpc) is 2.14. The number of aromatic amines is 1. The maximum atomic E-state index is 11.2.